The average molecular weight is 256 g/mol. The fraction of sp³-hybridized carbons (Fsp3) is 0.308. The van der Waals surface area contributed by atoms with E-state index >= 15 is 0 Å². The van der Waals surface area contributed by atoms with E-state index in [-0.39, 0.29) is 0 Å². The zero-order valence-electron chi connectivity index (χ0n) is 10.6. The van der Waals surface area contributed by atoms with Gasteiger partial charge < -0.3 is 15.5 Å². The topological polar surface area (TPSA) is 71.2 Å². The van der Waals surface area contributed by atoms with E-state index in [1.54, 1.807) is 12.5 Å². The van der Waals surface area contributed by atoms with Crippen LogP contribution >= 0.6 is 0 Å². The Morgan fingerprint density at radius 3 is 2.37 bits per heavy atom. The lowest BCUT2D eigenvalue weighted by Crippen LogP contribution is -2.46. The maximum atomic E-state index is 5.60. The van der Waals surface area contributed by atoms with Gasteiger partial charge in [0.15, 0.2) is 0 Å². The fourth-order valence-electron chi connectivity index (χ4n) is 2.25. The van der Waals surface area contributed by atoms with Crippen molar-refractivity contribution in [1.29, 1.82) is 0 Å². The Balaban J connectivity index is 1.65. The summed E-state index contributed by atoms with van der Waals surface area (Å²) in [6.07, 6.45) is 5.19. The molecule has 1 saturated heterocycles. The summed E-state index contributed by atoms with van der Waals surface area (Å²) in [4.78, 5) is 16.9. The summed E-state index contributed by atoms with van der Waals surface area (Å²) in [5.41, 5.74) is 6.72. The molecular weight excluding hydrogens is 240 g/mol. The van der Waals surface area contributed by atoms with E-state index in [4.69, 9.17) is 5.73 Å². The van der Waals surface area contributed by atoms with Gasteiger partial charge in [-0.3, -0.25) is 0 Å². The molecule has 2 N–H and O–H groups in total. The number of pyridine rings is 1. The first-order valence-electron chi connectivity index (χ1n) is 6.30. The van der Waals surface area contributed by atoms with Gasteiger partial charge in [-0.05, 0) is 18.2 Å². The van der Waals surface area contributed by atoms with Gasteiger partial charge >= 0.3 is 0 Å². The minimum Gasteiger partial charge on any atom is -0.384 e. The van der Waals surface area contributed by atoms with Crippen LogP contribution in [0.4, 0.5) is 17.3 Å². The molecule has 3 heterocycles. The largest absolute Gasteiger partial charge is 0.384 e. The van der Waals surface area contributed by atoms with E-state index < -0.39 is 0 Å². The van der Waals surface area contributed by atoms with Gasteiger partial charge in [0.05, 0.1) is 11.9 Å². The molecule has 1 fully saturated rings. The molecule has 1 aliphatic heterocycles. The first-order valence-corrected chi connectivity index (χ1v) is 6.30. The molecule has 0 saturated carbocycles. The van der Waals surface area contributed by atoms with E-state index in [0.29, 0.717) is 5.82 Å². The van der Waals surface area contributed by atoms with Crippen molar-refractivity contribution in [1.82, 2.24) is 15.0 Å². The van der Waals surface area contributed by atoms with Gasteiger partial charge in [0.25, 0.3) is 0 Å². The molecule has 0 unspecified atom stereocenters. The van der Waals surface area contributed by atoms with Crippen LogP contribution in [0.5, 0.6) is 0 Å². The Hall–Kier alpha value is -2.37. The Morgan fingerprint density at radius 2 is 1.74 bits per heavy atom. The monoisotopic (exact) mass is 256 g/mol. The van der Waals surface area contributed by atoms with Crippen molar-refractivity contribution in [3.8, 4) is 0 Å². The molecule has 6 heteroatoms. The fourth-order valence-corrected chi connectivity index (χ4v) is 2.25. The molecule has 2 aromatic rings. The maximum absolute atomic E-state index is 5.60. The molecule has 0 aliphatic carbocycles. The lowest BCUT2D eigenvalue weighted by molar-refractivity contribution is 0.646. The summed E-state index contributed by atoms with van der Waals surface area (Å²) < 4.78 is 0. The highest BCUT2D eigenvalue weighted by Gasteiger charge is 2.18. The number of nitrogens with two attached hydrogens (primary N) is 1. The van der Waals surface area contributed by atoms with Gasteiger partial charge in [-0.15, -0.1) is 0 Å². The van der Waals surface area contributed by atoms with Crippen LogP contribution in [0.1, 0.15) is 0 Å². The van der Waals surface area contributed by atoms with Crippen LogP contribution in [-0.2, 0) is 0 Å². The molecule has 0 atom stereocenters. The quantitative estimate of drug-likeness (QED) is 0.856. The van der Waals surface area contributed by atoms with Gasteiger partial charge in [-0.2, -0.15) is 0 Å². The van der Waals surface area contributed by atoms with Crippen LogP contribution in [-0.4, -0.2) is 41.1 Å². The summed E-state index contributed by atoms with van der Waals surface area (Å²) in [5, 5.41) is 0. The van der Waals surface area contributed by atoms with Crippen molar-refractivity contribution in [3.05, 3.63) is 36.9 Å². The first kappa shape index (κ1) is 11.7. The number of hydrogen-bond donors (Lipinski definition) is 1. The Kier molecular flexibility index (Phi) is 3.14. The summed E-state index contributed by atoms with van der Waals surface area (Å²) in [5.74, 6) is 1.55. The standard InChI is InChI=1S/C13H16N6/c14-12-2-1-11(9-16-12)18-5-7-19(8-6-18)13-3-4-15-10-17-13/h1-4,9-10H,5-8H2,(H2,14,16). The molecular formula is C13H16N6. The minimum atomic E-state index is 0.559. The van der Waals surface area contributed by atoms with Gasteiger partial charge in [-0.25, -0.2) is 15.0 Å². The van der Waals surface area contributed by atoms with Gasteiger partial charge in [0, 0.05) is 32.4 Å². The van der Waals surface area contributed by atoms with Crippen molar-refractivity contribution in [2.45, 2.75) is 0 Å². The summed E-state index contributed by atoms with van der Waals surface area (Å²) in [6, 6.07) is 5.80. The smallest absolute Gasteiger partial charge is 0.132 e. The number of nitrogen functional groups attached to an aromatic ring is 1. The van der Waals surface area contributed by atoms with Crippen LogP contribution in [0.2, 0.25) is 0 Å². The van der Waals surface area contributed by atoms with E-state index in [1.165, 1.54) is 0 Å². The lowest BCUT2D eigenvalue weighted by Gasteiger charge is -2.36. The second kappa shape index (κ2) is 5.09. The van der Waals surface area contributed by atoms with Crippen LogP contribution in [0.15, 0.2) is 36.9 Å². The number of anilines is 3. The van der Waals surface area contributed by atoms with Crippen molar-refractivity contribution in [3.63, 3.8) is 0 Å². The lowest BCUT2D eigenvalue weighted by atomic mass is 10.2. The third kappa shape index (κ3) is 2.57. The second-order valence-corrected chi connectivity index (χ2v) is 4.48. The summed E-state index contributed by atoms with van der Waals surface area (Å²) in [6.45, 7) is 3.80. The maximum Gasteiger partial charge on any atom is 0.132 e. The van der Waals surface area contributed by atoms with E-state index in [2.05, 4.69) is 24.8 Å². The highest BCUT2D eigenvalue weighted by atomic mass is 15.3. The number of piperazine rings is 1. The second-order valence-electron chi connectivity index (χ2n) is 4.48. The third-order valence-electron chi connectivity index (χ3n) is 3.31. The SMILES string of the molecule is Nc1ccc(N2CCN(c3ccncn3)CC2)cn1. The van der Waals surface area contributed by atoms with Gasteiger partial charge in [-0.1, -0.05) is 0 Å². The molecule has 0 amide bonds. The van der Waals surface area contributed by atoms with Crippen molar-refractivity contribution in [2.24, 2.45) is 0 Å². The van der Waals surface area contributed by atoms with Crippen molar-refractivity contribution in [2.75, 3.05) is 41.7 Å². The zero-order valence-corrected chi connectivity index (χ0v) is 10.6. The van der Waals surface area contributed by atoms with Gasteiger partial charge in [0.1, 0.15) is 18.0 Å². The molecule has 19 heavy (non-hydrogen) atoms. The van der Waals surface area contributed by atoms with Gasteiger partial charge in [0.2, 0.25) is 0 Å². The molecule has 0 spiro atoms. The number of nitrogens with zero attached hydrogens (tertiary/aromatic N) is 5. The predicted molar refractivity (Wildman–Crippen MR) is 75.1 cm³/mol. The highest BCUT2D eigenvalue weighted by molar-refractivity contribution is 5.50. The molecule has 1 aliphatic rings. The molecule has 0 radical (unpaired) electrons. The van der Waals surface area contributed by atoms with Crippen molar-refractivity contribution >= 4 is 17.3 Å². The van der Waals surface area contributed by atoms with E-state index in [0.717, 1.165) is 37.7 Å². The van der Waals surface area contributed by atoms with Crippen LogP contribution in [0.3, 0.4) is 0 Å². The molecule has 0 bridgehead atoms. The predicted octanol–water partition coefficient (Wildman–Crippen LogP) is 0.780. The summed E-state index contributed by atoms with van der Waals surface area (Å²) >= 11 is 0. The third-order valence-corrected chi connectivity index (χ3v) is 3.31. The molecule has 3 rings (SSSR count). The Bertz CT molecular complexity index is 519. The normalized spacial score (nSPS) is 15.6. The first-order chi connectivity index (χ1) is 9.33. The average Bonchev–Trinajstić information content (AvgIpc) is 2.49. The molecule has 98 valence electrons. The molecule has 2 aromatic heterocycles. The van der Waals surface area contributed by atoms with Crippen molar-refractivity contribution < 1.29 is 0 Å². The minimum absolute atomic E-state index is 0.559. The highest BCUT2D eigenvalue weighted by Crippen LogP contribution is 2.18. The summed E-state index contributed by atoms with van der Waals surface area (Å²) in [7, 11) is 0. The number of rotatable bonds is 2. The van der Waals surface area contributed by atoms with Crippen LogP contribution < -0.4 is 15.5 Å². The van der Waals surface area contributed by atoms with Crippen LogP contribution in [0.25, 0.3) is 0 Å². The number of hydrogen-bond acceptors (Lipinski definition) is 6. The Labute approximate surface area is 111 Å². The number of aromatic nitrogens is 3. The zero-order chi connectivity index (χ0) is 13.1. The Morgan fingerprint density at radius 1 is 0.947 bits per heavy atom. The van der Waals surface area contributed by atoms with E-state index in [1.807, 2.05) is 24.4 Å². The van der Waals surface area contributed by atoms with E-state index in [9.17, 15) is 0 Å². The molecule has 6 nitrogen and oxygen atoms in total. The van der Waals surface area contributed by atoms with Crippen LogP contribution in [0, 0.1) is 0 Å². The molecule has 0 aromatic carbocycles.